The summed E-state index contributed by atoms with van der Waals surface area (Å²) in [6.45, 7) is 0.366. The predicted molar refractivity (Wildman–Crippen MR) is 132 cm³/mol. The number of hydrogen-bond donors (Lipinski definition) is 2. The van der Waals surface area contributed by atoms with Crippen LogP contribution >= 0.6 is 0 Å². The second-order valence-corrected chi connectivity index (χ2v) is 8.13. The first-order valence-electron chi connectivity index (χ1n) is 11.1. The largest absolute Gasteiger partial charge is 0.493 e. The van der Waals surface area contributed by atoms with Crippen LogP contribution in [0.5, 0.6) is 17.2 Å². The van der Waals surface area contributed by atoms with Gasteiger partial charge in [0.05, 0.1) is 32.5 Å². The van der Waals surface area contributed by atoms with Gasteiger partial charge in [0.25, 0.3) is 11.8 Å². The van der Waals surface area contributed by atoms with Gasteiger partial charge in [-0.15, -0.1) is 0 Å². The molecule has 2 N–H and O–H groups in total. The molecule has 0 saturated heterocycles. The summed E-state index contributed by atoms with van der Waals surface area (Å²) in [5.74, 6) is 0.314. The van der Waals surface area contributed by atoms with Crippen LogP contribution < -0.4 is 24.8 Å². The minimum atomic E-state index is -0.974. The fraction of sp³-hybridized carbons (Fsp3) is 0.185. The summed E-state index contributed by atoms with van der Waals surface area (Å²) in [6, 6.07) is 20.9. The van der Waals surface area contributed by atoms with Crippen LogP contribution in [0, 0.1) is 0 Å². The summed E-state index contributed by atoms with van der Waals surface area (Å²) in [7, 11) is 4.46. The Balaban J connectivity index is 1.63. The lowest BCUT2D eigenvalue weighted by molar-refractivity contribution is -0.124. The molecular formula is C27H25N3O5. The van der Waals surface area contributed by atoms with E-state index < -0.39 is 12.1 Å². The Kier molecular flexibility index (Phi) is 5.78. The fourth-order valence-electron chi connectivity index (χ4n) is 4.55. The van der Waals surface area contributed by atoms with Crippen molar-refractivity contribution in [3.63, 3.8) is 0 Å². The molecule has 0 radical (unpaired) electrons. The molecule has 1 aromatic heterocycles. The lowest BCUT2D eigenvalue weighted by atomic mass is 10.1. The van der Waals surface area contributed by atoms with Crippen molar-refractivity contribution in [1.29, 1.82) is 0 Å². The first-order chi connectivity index (χ1) is 17.0. The summed E-state index contributed by atoms with van der Waals surface area (Å²) in [6.07, 6.45) is -0.974. The molecule has 1 aliphatic rings. The molecule has 0 fully saturated rings. The van der Waals surface area contributed by atoms with E-state index >= 15 is 0 Å². The van der Waals surface area contributed by atoms with Crippen LogP contribution in [0.25, 0.3) is 22.2 Å². The molecule has 0 saturated carbocycles. The Labute approximate surface area is 202 Å². The molecule has 2 heterocycles. The average Bonchev–Trinajstić information content (AvgIpc) is 3.23. The number of nitrogens with one attached hydrogen (secondary N) is 2. The maximum absolute atomic E-state index is 13.5. The number of hydrogen-bond acceptors (Lipinski definition) is 5. The van der Waals surface area contributed by atoms with Gasteiger partial charge in [-0.1, -0.05) is 48.5 Å². The van der Waals surface area contributed by atoms with Crippen molar-refractivity contribution in [2.45, 2.75) is 12.7 Å². The van der Waals surface area contributed by atoms with Gasteiger partial charge < -0.3 is 29.4 Å². The number of carbonyl (C=O) groups is 2. The topological polar surface area (TPSA) is 90.8 Å². The highest BCUT2D eigenvalue weighted by atomic mass is 16.5. The molecule has 1 atom stereocenters. The smallest absolute Gasteiger partial charge is 0.264 e. The van der Waals surface area contributed by atoms with Crippen molar-refractivity contribution < 1.29 is 23.8 Å². The summed E-state index contributed by atoms with van der Waals surface area (Å²) >= 11 is 0. The third-order valence-corrected chi connectivity index (χ3v) is 6.17. The van der Waals surface area contributed by atoms with Gasteiger partial charge in [0.15, 0.2) is 17.7 Å². The first-order valence-corrected chi connectivity index (χ1v) is 11.1. The van der Waals surface area contributed by atoms with Crippen molar-refractivity contribution in [3.8, 4) is 28.5 Å². The number of nitrogens with zero attached hydrogens (tertiary/aromatic N) is 1. The van der Waals surface area contributed by atoms with E-state index in [1.807, 2.05) is 59.2 Å². The van der Waals surface area contributed by atoms with Gasteiger partial charge in [-0.25, -0.2) is 0 Å². The minimum Gasteiger partial charge on any atom is -0.493 e. The van der Waals surface area contributed by atoms with E-state index in [4.69, 9.17) is 14.2 Å². The molecule has 5 rings (SSSR count). The SMILES string of the molecule is COc1cc(C(=O)NC2C(=O)NCc3cccc4cc(-c5ccccc5)n2c34)cc(OC)c1OC. The number of carbonyl (C=O) groups excluding carboxylic acids is 2. The lowest BCUT2D eigenvalue weighted by Gasteiger charge is -2.22. The Morgan fingerprint density at radius 1 is 0.943 bits per heavy atom. The van der Waals surface area contributed by atoms with Crippen LogP contribution in [0.3, 0.4) is 0 Å². The standard InChI is InChI=1S/C27H25N3O5/c1-33-21-13-19(14-22(34-2)24(21)35-3)26(31)29-25-27(32)28-15-18-11-7-10-17-12-20(30(25)23(17)18)16-8-5-4-6-9-16/h4-14,25H,15H2,1-3H3,(H,28,32)(H,29,31). The van der Waals surface area contributed by atoms with E-state index in [9.17, 15) is 9.59 Å². The lowest BCUT2D eigenvalue weighted by Crippen LogP contribution is -2.42. The number of benzene rings is 3. The highest BCUT2D eigenvalue weighted by Gasteiger charge is 2.31. The second-order valence-electron chi connectivity index (χ2n) is 8.13. The van der Waals surface area contributed by atoms with Crippen molar-refractivity contribution in [2.75, 3.05) is 21.3 Å². The van der Waals surface area contributed by atoms with Crippen LogP contribution in [0.4, 0.5) is 0 Å². The van der Waals surface area contributed by atoms with E-state index in [1.165, 1.54) is 21.3 Å². The van der Waals surface area contributed by atoms with Gasteiger partial charge in [0.1, 0.15) is 0 Å². The summed E-state index contributed by atoms with van der Waals surface area (Å²) < 4.78 is 18.0. The Hall–Kier alpha value is -4.46. The van der Waals surface area contributed by atoms with Gasteiger partial charge in [-0.2, -0.15) is 0 Å². The zero-order valence-electron chi connectivity index (χ0n) is 19.6. The van der Waals surface area contributed by atoms with Crippen LogP contribution in [0.1, 0.15) is 22.1 Å². The molecule has 0 bridgehead atoms. The minimum absolute atomic E-state index is 0.273. The van der Waals surface area contributed by atoms with Crippen LogP contribution in [-0.4, -0.2) is 37.7 Å². The van der Waals surface area contributed by atoms with Gasteiger partial charge in [-0.3, -0.25) is 9.59 Å². The molecule has 0 spiro atoms. The summed E-state index contributed by atoms with van der Waals surface area (Å²) in [5, 5.41) is 6.86. The summed E-state index contributed by atoms with van der Waals surface area (Å²) in [5.41, 5.74) is 3.92. The summed E-state index contributed by atoms with van der Waals surface area (Å²) in [4.78, 5) is 26.8. The van der Waals surface area contributed by atoms with Gasteiger partial charge in [0, 0.05) is 17.5 Å². The Bertz CT molecular complexity index is 1400. The molecule has 1 aliphatic heterocycles. The Morgan fingerprint density at radius 2 is 1.66 bits per heavy atom. The molecule has 0 aliphatic carbocycles. The molecule has 35 heavy (non-hydrogen) atoms. The average molecular weight is 472 g/mol. The van der Waals surface area contributed by atoms with Crippen molar-refractivity contribution >= 4 is 22.7 Å². The molecule has 8 nitrogen and oxygen atoms in total. The van der Waals surface area contributed by atoms with Crippen LogP contribution in [0.15, 0.2) is 66.7 Å². The third-order valence-electron chi connectivity index (χ3n) is 6.17. The zero-order valence-corrected chi connectivity index (χ0v) is 19.6. The maximum Gasteiger partial charge on any atom is 0.264 e. The van der Waals surface area contributed by atoms with Crippen LogP contribution in [-0.2, 0) is 11.3 Å². The highest BCUT2D eigenvalue weighted by molar-refractivity contribution is 6.00. The van der Waals surface area contributed by atoms with Crippen molar-refractivity contribution in [2.24, 2.45) is 0 Å². The molecule has 4 aromatic rings. The molecule has 1 unspecified atom stereocenters. The van der Waals surface area contributed by atoms with E-state index in [-0.39, 0.29) is 11.5 Å². The monoisotopic (exact) mass is 471 g/mol. The number of ether oxygens (including phenoxy) is 3. The fourth-order valence-corrected chi connectivity index (χ4v) is 4.55. The normalized spacial score (nSPS) is 14.7. The van der Waals surface area contributed by atoms with Crippen molar-refractivity contribution in [1.82, 2.24) is 15.2 Å². The van der Waals surface area contributed by atoms with Gasteiger partial charge >= 0.3 is 0 Å². The zero-order chi connectivity index (χ0) is 24.5. The number of aromatic nitrogens is 1. The number of rotatable bonds is 6. The molecular weight excluding hydrogens is 446 g/mol. The predicted octanol–water partition coefficient (Wildman–Crippen LogP) is 3.89. The first kappa shape index (κ1) is 22.3. The highest BCUT2D eigenvalue weighted by Crippen LogP contribution is 2.39. The molecule has 178 valence electrons. The Morgan fingerprint density at radius 3 is 2.31 bits per heavy atom. The van der Waals surface area contributed by atoms with Gasteiger partial charge in [-0.05, 0) is 29.3 Å². The van der Waals surface area contributed by atoms with E-state index in [0.29, 0.717) is 23.8 Å². The number of para-hydroxylation sites is 1. The maximum atomic E-state index is 13.5. The molecule has 8 heteroatoms. The van der Waals surface area contributed by atoms with Crippen molar-refractivity contribution in [3.05, 3.63) is 77.9 Å². The van der Waals surface area contributed by atoms with Gasteiger partial charge in [0.2, 0.25) is 5.75 Å². The molecule has 3 aromatic carbocycles. The quantitative estimate of drug-likeness (QED) is 0.445. The third kappa shape index (κ3) is 3.82. The van der Waals surface area contributed by atoms with E-state index in [2.05, 4.69) is 10.6 Å². The molecule has 2 amide bonds. The number of amides is 2. The second kappa shape index (κ2) is 9.06. The van der Waals surface area contributed by atoms with E-state index in [0.717, 1.165) is 27.7 Å². The number of methoxy groups -OCH3 is 3. The van der Waals surface area contributed by atoms with Crippen LogP contribution in [0.2, 0.25) is 0 Å². The van der Waals surface area contributed by atoms with E-state index in [1.54, 1.807) is 12.1 Å².